The van der Waals surface area contributed by atoms with Crippen LogP contribution in [0.4, 0.5) is 0 Å². The number of benzene rings is 1. The fraction of sp³-hybridized carbons (Fsp3) is 0.500. The van der Waals surface area contributed by atoms with Crippen molar-refractivity contribution in [2.45, 2.75) is 39.2 Å². The molecule has 3 nitrogen and oxygen atoms in total. The Morgan fingerprint density at radius 1 is 1.29 bits per heavy atom. The van der Waals surface area contributed by atoms with Gasteiger partial charge in [-0.05, 0) is 37.5 Å². The maximum atomic E-state index is 11.8. The zero-order chi connectivity index (χ0) is 13.1. The Morgan fingerprint density at radius 2 is 1.82 bits per heavy atom. The lowest BCUT2D eigenvalue weighted by Crippen LogP contribution is -2.45. The molecule has 1 amide bonds. The Labute approximate surface area is 103 Å². The van der Waals surface area contributed by atoms with Gasteiger partial charge in [-0.1, -0.05) is 26.0 Å². The Balaban J connectivity index is 2.64. The van der Waals surface area contributed by atoms with E-state index < -0.39 is 0 Å². The largest absolute Gasteiger partial charge is 0.350 e. The van der Waals surface area contributed by atoms with Gasteiger partial charge in [0.2, 0.25) is 0 Å². The van der Waals surface area contributed by atoms with Crippen LogP contribution in [0.5, 0.6) is 0 Å². The van der Waals surface area contributed by atoms with Crippen molar-refractivity contribution >= 4 is 5.91 Å². The van der Waals surface area contributed by atoms with Gasteiger partial charge in [-0.3, -0.25) is 4.79 Å². The van der Waals surface area contributed by atoms with Gasteiger partial charge in [-0.15, -0.1) is 0 Å². The average Bonchev–Trinajstić information content (AvgIpc) is 2.25. The molecule has 0 aliphatic rings. The van der Waals surface area contributed by atoms with E-state index in [0.29, 0.717) is 18.0 Å². The molecule has 0 aliphatic carbocycles. The zero-order valence-corrected chi connectivity index (χ0v) is 11.1. The summed E-state index contributed by atoms with van der Waals surface area (Å²) in [5.41, 5.74) is 7.35. The molecule has 1 aromatic carbocycles. The van der Waals surface area contributed by atoms with E-state index >= 15 is 0 Å². The van der Waals surface area contributed by atoms with Crippen LogP contribution in [-0.4, -0.2) is 18.0 Å². The number of nitrogens with one attached hydrogen (secondary N) is 1. The van der Waals surface area contributed by atoms with Gasteiger partial charge in [0.15, 0.2) is 0 Å². The standard InChI is InChI=1S/C14H22N2O/c1-10(2)11-5-7-12(8-6-11)13(17)16-9-14(3,4)15/h5-8,10H,9,15H2,1-4H3,(H,16,17). The number of rotatable bonds is 4. The molecule has 0 aliphatic heterocycles. The molecule has 0 unspecified atom stereocenters. The Kier molecular flexibility index (Phi) is 4.29. The van der Waals surface area contributed by atoms with E-state index in [1.54, 1.807) is 0 Å². The molecule has 0 spiro atoms. The molecule has 0 saturated carbocycles. The van der Waals surface area contributed by atoms with Crippen molar-refractivity contribution in [3.63, 3.8) is 0 Å². The van der Waals surface area contributed by atoms with Crippen molar-refractivity contribution in [3.05, 3.63) is 35.4 Å². The highest BCUT2D eigenvalue weighted by Gasteiger charge is 2.13. The Hall–Kier alpha value is -1.35. The summed E-state index contributed by atoms with van der Waals surface area (Å²) in [4.78, 5) is 11.8. The number of nitrogens with two attached hydrogens (primary N) is 1. The first-order valence-corrected chi connectivity index (χ1v) is 5.96. The lowest BCUT2D eigenvalue weighted by Gasteiger charge is -2.19. The van der Waals surface area contributed by atoms with E-state index in [2.05, 4.69) is 19.2 Å². The molecule has 0 radical (unpaired) electrons. The van der Waals surface area contributed by atoms with Gasteiger partial charge in [0.05, 0.1) is 0 Å². The fourth-order valence-corrected chi connectivity index (χ4v) is 1.43. The van der Waals surface area contributed by atoms with Crippen molar-refractivity contribution in [1.29, 1.82) is 0 Å². The molecule has 3 N–H and O–H groups in total. The van der Waals surface area contributed by atoms with Crippen LogP contribution in [-0.2, 0) is 0 Å². The van der Waals surface area contributed by atoms with Gasteiger partial charge in [0.25, 0.3) is 5.91 Å². The molecule has 1 rings (SSSR count). The predicted octanol–water partition coefficient (Wildman–Crippen LogP) is 2.28. The minimum atomic E-state index is -0.381. The third-order valence-corrected chi connectivity index (χ3v) is 2.54. The second-order valence-electron chi connectivity index (χ2n) is 5.45. The molecule has 0 fully saturated rings. The van der Waals surface area contributed by atoms with Gasteiger partial charge in [0, 0.05) is 17.6 Å². The number of carbonyl (C=O) groups excluding carboxylic acids is 1. The summed E-state index contributed by atoms with van der Waals surface area (Å²) in [5.74, 6) is 0.411. The van der Waals surface area contributed by atoms with Gasteiger partial charge >= 0.3 is 0 Å². The molecule has 94 valence electrons. The summed E-state index contributed by atoms with van der Waals surface area (Å²) in [5, 5.41) is 2.82. The van der Waals surface area contributed by atoms with Gasteiger partial charge in [0.1, 0.15) is 0 Å². The summed E-state index contributed by atoms with van der Waals surface area (Å²) in [6.07, 6.45) is 0. The molecule has 0 heterocycles. The second kappa shape index (κ2) is 5.32. The van der Waals surface area contributed by atoms with Gasteiger partial charge in [-0.25, -0.2) is 0 Å². The average molecular weight is 234 g/mol. The molecule has 0 saturated heterocycles. The predicted molar refractivity (Wildman–Crippen MR) is 71.1 cm³/mol. The summed E-state index contributed by atoms with van der Waals surface area (Å²) in [6.45, 7) is 8.50. The molecule has 0 bridgehead atoms. The first-order chi connectivity index (χ1) is 7.79. The molecule has 3 heteroatoms. The lowest BCUT2D eigenvalue weighted by atomic mass is 10.0. The summed E-state index contributed by atoms with van der Waals surface area (Å²) in [6, 6.07) is 7.70. The van der Waals surface area contributed by atoms with Crippen LogP contribution in [0.3, 0.4) is 0 Å². The second-order valence-corrected chi connectivity index (χ2v) is 5.45. The van der Waals surface area contributed by atoms with Crippen molar-refractivity contribution in [3.8, 4) is 0 Å². The van der Waals surface area contributed by atoms with E-state index in [0.717, 1.165) is 0 Å². The smallest absolute Gasteiger partial charge is 0.251 e. The first kappa shape index (κ1) is 13.7. The molecular formula is C14H22N2O. The zero-order valence-electron chi connectivity index (χ0n) is 11.1. The van der Waals surface area contributed by atoms with Crippen molar-refractivity contribution in [2.75, 3.05) is 6.54 Å². The first-order valence-electron chi connectivity index (χ1n) is 5.96. The maximum Gasteiger partial charge on any atom is 0.251 e. The van der Waals surface area contributed by atoms with Crippen LogP contribution in [0, 0.1) is 0 Å². The number of amides is 1. The van der Waals surface area contributed by atoms with Crippen LogP contribution < -0.4 is 11.1 Å². The minimum absolute atomic E-state index is 0.0705. The van der Waals surface area contributed by atoms with E-state index in [4.69, 9.17) is 5.73 Å². The number of hydrogen-bond acceptors (Lipinski definition) is 2. The Morgan fingerprint density at radius 3 is 2.24 bits per heavy atom. The maximum absolute atomic E-state index is 11.8. The quantitative estimate of drug-likeness (QED) is 0.839. The molecule has 1 aromatic rings. The monoisotopic (exact) mass is 234 g/mol. The van der Waals surface area contributed by atoms with E-state index in [1.165, 1.54) is 5.56 Å². The topological polar surface area (TPSA) is 55.1 Å². The lowest BCUT2D eigenvalue weighted by molar-refractivity contribution is 0.0946. The van der Waals surface area contributed by atoms with Crippen LogP contribution in [0.1, 0.15) is 49.5 Å². The van der Waals surface area contributed by atoms with Crippen LogP contribution in [0.25, 0.3) is 0 Å². The van der Waals surface area contributed by atoms with E-state index in [1.807, 2.05) is 38.1 Å². The summed E-state index contributed by atoms with van der Waals surface area (Å²) in [7, 11) is 0. The highest BCUT2D eigenvalue weighted by molar-refractivity contribution is 5.94. The minimum Gasteiger partial charge on any atom is -0.350 e. The third kappa shape index (κ3) is 4.57. The van der Waals surface area contributed by atoms with Gasteiger partial charge < -0.3 is 11.1 Å². The van der Waals surface area contributed by atoms with Crippen molar-refractivity contribution < 1.29 is 4.79 Å². The van der Waals surface area contributed by atoms with Crippen molar-refractivity contribution in [1.82, 2.24) is 5.32 Å². The summed E-state index contributed by atoms with van der Waals surface area (Å²) >= 11 is 0. The summed E-state index contributed by atoms with van der Waals surface area (Å²) < 4.78 is 0. The van der Waals surface area contributed by atoms with Gasteiger partial charge in [-0.2, -0.15) is 0 Å². The SMILES string of the molecule is CC(C)c1ccc(C(=O)NCC(C)(C)N)cc1. The molecule has 0 atom stereocenters. The molecular weight excluding hydrogens is 212 g/mol. The van der Waals surface area contributed by atoms with Crippen LogP contribution >= 0.6 is 0 Å². The highest BCUT2D eigenvalue weighted by atomic mass is 16.1. The Bertz CT molecular complexity index is 374. The third-order valence-electron chi connectivity index (χ3n) is 2.54. The van der Waals surface area contributed by atoms with E-state index in [-0.39, 0.29) is 11.4 Å². The number of carbonyl (C=O) groups is 1. The molecule has 17 heavy (non-hydrogen) atoms. The van der Waals surface area contributed by atoms with E-state index in [9.17, 15) is 4.79 Å². The molecule has 0 aromatic heterocycles. The highest BCUT2D eigenvalue weighted by Crippen LogP contribution is 2.14. The van der Waals surface area contributed by atoms with Crippen LogP contribution in [0.2, 0.25) is 0 Å². The van der Waals surface area contributed by atoms with Crippen LogP contribution in [0.15, 0.2) is 24.3 Å². The van der Waals surface area contributed by atoms with Crippen molar-refractivity contribution in [2.24, 2.45) is 5.73 Å². The fourth-order valence-electron chi connectivity index (χ4n) is 1.43. The normalized spacial score (nSPS) is 11.6. The number of hydrogen-bond donors (Lipinski definition) is 2.